The van der Waals surface area contributed by atoms with Crippen LogP contribution in [0, 0.1) is 6.92 Å². The smallest absolute Gasteiger partial charge is 0.313 e. The molecule has 148 valence electrons. The lowest BCUT2D eigenvalue weighted by Crippen LogP contribution is -2.43. The average molecular weight is 401 g/mol. The molecule has 0 unspecified atom stereocenters. The van der Waals surface area contributed by atoms with E-state index in [-0.39, 0.29) is 5.41 Å². The van der Waals surface area contributed by atoms with E-state index >= 15 is 0 Å². The zero-order valence-corrected chi connectivity index (χ0v) is 16.9. The molecule has 0 heterocycles. The van der Waals surface area contributed by atoms with Crippen LogP contribution in [0.4, 0.5) is 5.69 Å². The summed E-state index contributed by atoms with van der Waals surface area (Å²) < 4.78 is 5.24. The number of halogens is 1. The Morgan fingerprint density at radius 3 is 2.39 bits per heavy atom. The number of carbonyl (C=O) groups excluding carboxylic acids is 2. The van der Waals surface area contributed by atoms with Crippen molar-refractivity contribution in [2.75, 3.05) is 19.0 Å². The van der Waals surface area contributed by atoms with Crippen LogP contribution in [0.1, 0.15) is 36.8 Å². The first-order valence-corrected chi connectivity index (χ1v) is 9.81. The van der Waals surface area contributed by atoms with Gasteiger partial charge in [-0.15, -0.1) is 0 Å². The molecule has 6 heteroatoms. The number of anilines is 1. The van der Waals surface area contributed by atoms with E-state index < -0.39 is 11.8 Å². The fourth-order valence-electron chi connectivity index (χ4n) is 3.80. The standard InChI is InChI=1S/C22H25ClN2O3/c1-15-5-8-17(23)13-19(15)25-21(27)20(26)24-14-22(11-3-4-12-22)16-6-9-18(28-2)10-7-16/h5-10,13H,3-4,11-12,14H2,1-2H3,(H,24,26)(H,25,27). The molecular weight excluding hydrogens is 376 g/mol. The molecule has 0 bridgehead atoms. The summed E-state index contributed by atoms with van der Waals surface area (Å²) in [5.74, 6) is -0.524. The lowest BCUT2D eigenvalue weighted by molar-refractivity contribution is -0.136. The molecular formula is C22H25ClN2O3. The second kappa shape index (κ2) is 8.65. The quantitative estimate of drug-likeness (QED) is 0.738. The molecule has 1 fully saturated rings. The van der Waals surface area contributed by atoms with Crippen molar-refractivity contribution in [1.29, 1.82) is 0 Å². The van der Waals surface area contributed by atoms with Gasteiger partial charge < -0.3 is 15.4 Å². The first-order chi connectivity index (χ1) is 13.4. The summed E-state index contributed by atoms with van der Waals surface area (Å²) >= 11 is 5.97. The third kappa shape index (κ3) is 4.47. The molecule has 2 N–H and O–H groups in total. The van der Waals surface area contributed by atoms with Gasteiger partial charge in [-0.1, -0.05) is 42.6 Å². The van der Waals surface area contributed by atoms with Gasteiger partial charge in [-0.3, -0.25) is 9.59 Å². The molecule has 0 aromatic heterocycles. The summed E-state index contributed by atoms with van der Waals surface area (Å²) in [5.41, 5.74) is 2.40. The van der Waals surface area contributed by atoms with Crippen molar-refractivity contribution in [3.63, 3.8) is 0 Å². The van der Waals surface area contributed by atoms with Crippen LogP contribution in [-0.2, 0) is 15.0 Å². The van der Waals surface area contributed by atoms with Crippen molar-refractivity contribution in [2.45, 2.75) is 38.0 Å². The Balaban J connectivity index is 1.66. The van der Waals surface area contributed by atoms with E-state index in [2.05, 4.69) is 10.6 Å². The maximum Gasteiger partial charge on any atom is 0.313 e. The van der Waals surface area contributed by atoms with Crippen molar-refractivity contribution in [1.82, 2.24) is 5.32 Å². The summed E-state index contributed by atoms with van der Waals surface area (Å²) in [6.07, 6.45) is 4.18. The number of rotatable bonds is 5. The van der Waals surface area contributed by atoms with Crippen molar-refractivity contribution >= 4 is 29.1 Å². The van der Waals surface area contributed by atoms with Crippen LogP contribution < -0.4 is 15.4 Å². The zero-order chi connectivity index (χ0) is 20.1. The van der Waals surface area contributed by atoms with Gasteiger partial charge >= 0.3 is 11.8 Å². The Labute approximate surface area is 170 Å². The fraction of sp³-hybridized carbons (Fsp3) is 0.364. The van der Waals surface area contributed by atoms with Crippen molar-refractivity contribution in [3.8, 4) is 5.75 Å². The van der Waals surface area contributed by atoms with Crippen LogP contribution in [0.2, 0.25) is 5.02 Å². The Morgan fingerprint density at radius 2 is 1.75 bits per heavy atom. The number of hydrogen-bond acceptors (Lipinski definition) is 3. The topological polar surface area (TPSA) is 67.4 Å². The monoisotopic (exact) mass is 400 g/mol. The predicted octanol–water partition coefficient (Wildman–Crippen LogP) is 4.22. The third-order valence-corrected chi connectivity index (χ3v) is 5.74. The van der Waals surface area contributed by atoms with Crippen molar-refractivity contribution in [2.24, 2.45) is 0 Å². The van der Waals surface area contributed by atoms with E-state index in [1.807, 2.05) is 31.2 Å². The summed E-state index contributed by atoms with van der Waals surface area (Å²) in [5, 5.41) is 5.98. The van der Waals surface area contributed by atoms with Gasteiger partial charge in [-0.2, -0.15) is 0 Å². The Bertz CT molecular complexity index is 859. The SMILES string of the molecule is COc1ccc(C2(CNC(=O)C(=O)Nc3cc(Cl)ccc3C)CCCC2)cc1. The first-order valence-electron chi connectivity index (χ1n) is 9.43. The number of methoxy groups -OCH3 is 1. The highest BCUT2D eigenvalue weighted by Crippen LogP contribution is 2.41. The number of nitrogens with one attached hydrogen (secondary N) is 2. The third-order valence-electron chi connectivity index (χ3n) is 5.50. The highest BCUT2D eigenvalue weighted by Gasteiger charge is 2.36. The minimum atomic E-state index is -0.687. The van der Waals surface area contributed by atoms with Gasteiger partial charge in [0, 0.05) is 22.7 Å². The molecule has 1 aliphatic carbocycles. The first kappa shape index (κ1) is 20.2. The highest BCUT2D eigenvalue weighted by molar-refractivity contribution is 6.40. The van der Waals surface area contributed by atoms with E-state index in [1.165, 1.54) is 0 Å². The van der Waals surface area contributed by atoms with E-state index in [0.717, 1.165) is 42.6 Å². The number of carbonyl (C=O) groups is 2. The van der Waals surface area contributed by atoms with Crippen LogP contribution in [0.25, 0.3) is 0 Å². The lowest BCUT2D eigenvalue weighted by atomic mass is 9.78. The van der Waals surface area contributed by atoms with Gasteiger partial charge in [-0.25, -0.2) is 0 Å². The average Bonchev–Trinajstić information content (AvgIpc) is 3.19. The molecule has 28 heavy (non-hydrogen) atoms. The van der Waals surface area contributed by atoms with Gasteiger partial charge in [0.1, 0.15) is 5.75 Å². The maximum absolute atomic E-state index is 12.4. The molecule has 2 aromatic rings. The predicted molar refractivity (Wildman–Crippen MR) is 111 cm³/mol. The van der Waals surface area contributed by atoms with Crippen LogP contribution in [0.5, 0.6) is 5.75 Å². The molecule has 2 aromatic carbocycles. The summed E-state index contributed by atoms with van der Waals surface area (Å²) in [4.78, 5) is 24.7. The number of ether oxygens (including phenoxy) is 1. The summed E-state index contributed by atoms with van der Waals surface area (Å²) in [6.45, 7) is 2.28. The van der Waals surface area contributed by atoms with E-state index in [1.54, 1.807) is 25.3 Å². The van der Waals surface area contributed by atoms with Gasteiger partial charge in [0.2, 0.25) is 0 Å². The normalized spacial score (nSPS) is 15.1. The van der Waals surface area contributed by atoms with Crippen LogP contribution >= 0.6 is 11.6 Å². The van der Waals surface area contributed by atoms with E-state index in [0.29, 0.717) is 17.3 Å². The zero-order valence-electron chi connectivity index (χ0n) is 16.2. The summed E-state index contributed by atoms with van der Waals surface area (Å²) in [7, 11) is 1.64. The second-order valence-corrected chi connectivity index (χ2v) is 7.75. The molecule has 5 nitrogen and oxygen atoms in total. The van der Waals surface area contributed by atoms with Gasteiger partial charge in [0.15, 0.2) is 0 Å². The Hall–Kier alpha value is -2.53. The van der Waals surface area contributed by atoms with E-state index in [9.17, 15) is 9.59 Å². The van der Waals surface area contributed by atoms with Crippen molar-refractivity contribution < 1.29 is 14.3 Å². The lowest BCUT2D eigenvalue weighted by Gasteiger charge is -2.30. The van der Waals surface area contributed by atoms with Crippen molar-refractivity contribution in [3.05, 3.63) is 58.6 Å². The molecule has 1 saturated carbocycles. The molecule has 0 radical (unpaired) electrons. The molecule has 0 saturated heterocycles. The summed E-state index contributed by atoms with van der Waals surface area (Å²) in [6, 6.07) is 13.1. The largest absolute Gasteiger partial charge is 0.497 e. The maximum atomic E-state index is 12.4. The van der Waals surface area contributed by atoms with Gasteiger partial charge in [0.25, 0.3) is 0 Å². The number of aryl methyl sites for hydroxylation is 1. The highest BCUT2D eigenvalue weighted by atomic mass is 35.5. The van der Waals surface area contributed by atoms with Gasteiger partial charge in [-0.05, 0) is 55.2 Å². The molecule has 2 amide bonds. The van der Waals surface area contributed by atoms with Gasteiger partial charge in [0.05, 0.1) is 7.11 Å². The number of amides is 2. The molecule has 1 aliphatic rings. The number of hydrogen-bond donors (Lipinski definition) is 2. The Kier molecular flexibility index (Phi) is 6.25. The molecule has 0 atom stereocenters. The number of benzene rings is 2. The van der Waals surface area contributed by atoms with E-state index in [4.69, 9.17) is 16.3 Å². The minimum Gasteiger partial charge on any atom is -0.497 e. The molecule has 3 rings (SSSR count). The van der Waals surface area contributed by atoms with Crippen LogP contribution in [0.3, 0.4) is 0 Å². The molecule has 0 aliphatic heterocycles. The Morgan fingerprint density at radius 1 is 1.07 bits per heavy atom. The molecule has 0 spiro atoms. The minimum absolute atomic E-state index is 0.145. The van der Waals surface area contributed by atoms with Crippen LogP contribution in [-0.4, -0.2) is 25.5 Å². The fourth-order valence-corrected chi connectivity index (χ4v) is 3.97. The second-order valence-electron chi connectivity index (χ2n) is 7.31. The van der Waals surface area contributed by atoms with Crippen LogP contribution in [0.15, 0.2) is 42.5 Å².